The lowest BCUT2D eigenvalue weighted by Crippen LogP contribution is -2.39. The van der Waals surface area contributed by atoms with Crippen LogP contribution in [0.4, 0.5) is 17.1 Å². The molecule has 234 valence electrons. The fraction of sp³-hybridized carbons (Fsp3) is 0.500. The van der Waals surface area contributed by atoms with Gasteiger partial charge in [-0.15, -0.1) is 0 Å². The van der Waals surface area contributed by atoms with E-state index in [1.54, 1.807) is 6.07 Å². The van der Waals surface area contributed by atoms with Gasteiger partial charge in [-0.3, -0.25) is 0 Å². The Kier molecular flexibility index (Phi) is 12.1. The van der Waals surface area contributed by atoms with Crippen LogP contribution >= 0.6 is 0 Å². The molecular formula is C38H55N3O2. The lowest BCUT2D eigenvalue weighted by molar-refractivity contribution is 0.0695. The third-order valence-corrected chi connectivity index (χ3v) is 9.41. The molecule has 4 unspecified atom stereocenters. The molecule has 0 fully saturated rings. The summed E-state index contributed by atoms with van der Waals surface area (Å²) in [7, 11) is 3.88. The van der Waals surface area contributed by atoms with Gasteiger partial charge in [0.05, 0.1) is 5.56 Å². The maximum atomic E-state index is 12.7. The Morgan fingerprint density at radius 2 is 0.953 bits per heavy atom. The lowest BCUT2D eigenvalue weighted by Gasteiger charge is -2.37. The van der Waals surface area contributed by atoms with Gasteiger partial charge in [-0.05, 0) is 106 Å². The summed E-state index contributed by atoms with van der Waals surface area (Å²) in [4.78, 5) is 19.6. The van der Waals surface area contributed by atoms with Gasteiger partial charge in [-0.25, -0.2) is 4.79 Å². The Bertz CT molecular complexity index is 1210. The second-order valence-corrected chi connectivity index (χ2v) is 12.4. The molecule has 1 N–H and O–H groups in total. The number of hydrogen-bond donors (Lipinski definition) is 1. The highest BCUT2D eigenvalue weighted by Gasteiger charge is 2.26. The number of hydrogen-bond acceptors (Lipinski definition) is 4. The molecule has 0 bridgehead atoms. The van der Waals surface area contributed by atoms with E-state index < -0.39 is 5.97 Å². The van der Waals surface area contributed by atoms with Crippen LogP contribution in [-0.2, 0) is 0 Å². The maximum Gasteiger partial charge on any atom is 0.336 e. The predicted octanol–water partition coefficient (Wildman–Crippen LogP) is 9.44. The van der Waals surface area contributed by atoms with Crippen molar-refractivity contribution in [2.75, 3.05) is 28.8 Å². The van der Waals surface area contributed by atoms with Crippen molar-refractivity contribution in [2.24, 2.45) is 0 Å². The molecule has 4 atom stereocenters. The van der Waals surface area contributed by atoms with Crippen LogP contribution in [0.3, 0.4) is 0 Å². The molecule has 0 aliphatic rings. The fourth-order valence-corrected chi connectivity index (χ4v) is 6.16. The number of carbonyl (C=O) groups is 1. The van der Waals surface area contributed by atoms with Crippen molar-refractivity contribution >= 4 is 23.0 Å². The third-order valence-electron chi connectivity index (χ3n) is 9.41. The summed E-state index contributed by atoms with van der Waals surface area (Å²) < 4.78 is 0. The monoisotopic (exact) mass is 585 g/mol. The number of carboxylic acids is 1. The van der Waals surface area contributed by atoms with Gasteiger partial charge in [0.15, 0.2) is 0 Å². The van der Waals surface area contributed by atoms with E-state index in [1.807, 2.05) is 31.1 Å². The van der Waals surface area contributed by atoms with E-state index in [0.717, 1.165) is 48.1 Å². The van der Waals surface area contributed by atoms with E-state index in [2.05, 4.69) is 114 Å². The van der Waals surface area contributed by atoms with Crippen LogP contribution in [0.25, 0.3) is 0 Å². The Labute approximate surface area is 261 Å². The summed E-state index contributed by atoms with van der Waals surface area (Å²) in [6, 6.07) is 25.2. The van der Waals surface area contributed by atoms with Crippen molar-refractivity contribution in [1.82, 2.24) is 0 Å². The zero-order chi connectivity index (χ0) is 31.8. The molecule has 0 amide bonds. The van der Waals surface area contributed by atoms with Crippen LogP contribution in [0.5, 0.6) is 0 Å². The average Bonchev–Trinajstić information content (AvgIpc) is 3.02. The maximum absolute atomic E-state index is 12.7. The number of nitrogens with zero attached hydrogens (tertiary/aromatic N) is 3. The second-order valence-electron chi connectivity index (χ2n) is 12.4. The topological polar surface area (TPSA) is 47.0 Å². The highest BCUT2D eigenvalue weighted by molar-refractivity contribution is 5.91. The summed E-state index contributed by atoms with van der Waals surface area (Å²) in [5.74, 6) is -1.12. The van der Waals surface area contributed by atoms with Crippen LogP contribution < -0.4 is 14.7 Å². The van der Waals surface area contributed by atoms with Crippen molar-refractivity contribution in [2.45, 2.75) is 111 Å². The average molecular weight is 586 g/mol. The molecule has 3 aromatic rings. The standard InChI is InChI=1S/C38H55N3O2/c1-11-26(5)40(27(6)12-2)32-19-15-30(16-20-32)37(35-24-23-34(39(9)10)25-36(35)38(42)43)31-17-21-33(22-18-31)41(28(7)13-3)29(8)14-4/h15-29,37H,11-14H2,1-10H3,(H,42,43). The van der Waals surface area contributed by atoms with Gasteiger partial charge in [0.25, 0.3) is 0 Å². The lowest BCUT2D eigenvalue weighted by atomic mass is 9.82. The van der Waals surface area contributed by atoms with Crippen molar-refractivity contribution in [3.05, 3.63) is 89.0 Å². The van der Waals surface area contributed by atoms with Gasteiger partial charge in [0.2, 0.25) is 0 Å². The predicted molar refractivity (Wildman–Crippen MR) is 186 cm³/mol. The van der Waals surface area contributed by atoms with Crippen molar-refractivity contribution in [3.8, 4) is 0 Å². The first-order valence-corrected chi connectivity index (χ1v) is 16.3. The molecule has 0 saturated heterocycles. The van der Waals surface area contributed by atoms with Gasteiger partial charge in [0.1, 0.15) is 0 Å². The molecule has 0 radical (unpaired) electrons. The normalized spacial score (nSPS) is 14.8. The van der Waals surface area contributed by atoms with Gasteiger partial charge >= 0.3 is 5.97 Å². The highest BCUT2D eigenvalue weighted by Crippen LogP contribution is 2.38. The molecule has 0 aromatic heterocycles. The number of benzene rings is 3. The summed E-state index contributed by atoms with van der Waals surface area (Å²) in [6.07, 6.45) is 4.30. The minimum absolute atomic E-state index is 0.216. The van der Waals surface area contributed by atoms with Gasteiger partial charge in [0, 0.05) is 61.2 Å². The van der Waals surface area contributed by atoms with E-state index in [0.29, 0.717) is 29.7 Å². The van der Waals surface area contributed by atoms with Gasteiger partial charge in [-0.1, -0.05) is 58.0 Å². The molecule has 0 saturated carbocycles. The summed E-state index contributed by atoms with van der Waals surface area (Å²) in [6.45, 7) is 18.1. The molecular weight excluding hydrogens is 530 g/mol. The quantitative estimate of drug-likeness (QED) is 0.180. The van der Waals surface area contributed by atoms with E-state index in [4.69, 9.17) is 0 Å². The van der Waals surface area contributed by atoms with Gasteiger partial charge in [-0.2, -0.15) is 0 Å². The molecule has 3 aromatic carbocycles. The van der Waals surface area contributed by atoms with Crippen LogP contribution in [0.15, 0.2) is 66.7 Å². The first-order chi connectivity index (χ1) is 20.5. The van der Waals surface area contributed by atoms with Crippen LogP contribution in [0, 0.1) is 0 Å². The fourth-order valence-electron chi connectivity index (χ4n) is 6.16. The van der Waals surface area contributed by atoms with Crippen LogP contribution in [0.2, 0.25) is 0 Å². The van der Waals surface area contributed by atoms with Crippen LogP contribution in [0.1, 0.15) is 114 Å². The van der Waals surface area contributed by atoms with E-state index in [9.17, 15) is 9.90 Å². The van der Waals surface area contributed by atoms with Crippen molar-refractivity contribution in [3.63, 3.8) is 0 Å². The first kappa shape index (κ1) is 34.0. The number of anilines is 3. The van der Waals surface area contributed by atoms with Crippen molar-refractivity contribution in [1.29, 1.82) is 0 Å². The summed E-state index contributed by atoms with van der Waals surface area (Å²) in [5.41, 5.74) is 6.62. The van der Waals surface area contributed by atoms with Crippen LogP contribution in [-0.4, -0.2) is 49.3 Å². The zero-order valence-corrected chi connectivity index (χ0v) is 28.3. The van der Waals surface area contributed by atoms with E-state index in [1.165, 1.54) is 11.4 Å². The SMILES string of the molecule is CCC(C)N(c1ccc(C(c2ccc(N(C(C)CC)C(C)CC)cc2)c2ccc(N(C)C)cc2C(=O)O)cc1)C(C)CC. The third kappa shape index (κ3) is 7.74. The Morgan fingerprint density at radius 3 is 1.26 bits per heavy atom. The number of aromatic carboxylic acids is 1. The zero-order valence-electron chi connectivity index (χ0n) is 28.3. The smallest absolute Gasteiger partial charge is 0.336 e. The molecule has 0 aliphatic carbocycles. The molecule has 0 heterocycles. The minimum atomic E-state index is -0.906. The largest absolute Gasteiger partial charge is 0.478 e. The first-order valence-electron chi connectivity index (χ1n) is 16.3. The molecule has 5 nitrogen and oxygen atoms in total. The number of rotatable bonds is 15. The Balaban J connectivity index is 2.19. The molecule has 43 heavy (non-hydrogen) atoms. The summed E-state index contributed by atoms with van der Waals surface area (Å²) >= 11 is 0. The summed E-state index contributed by atoms with van der Waals surface area (Å²) in [5, 5.41) is 10.4. The van der Waals surface area contributed by atoms with Gasteiger partial charge < -0.3 is 19.8 Å². The highest BCUT2D eigenvalue weighted by atomic mass is 16.4. The Hall–Kier alpha value is -3.47. The van der Waals surface area contributed by atoms with E-state index in [-0.39, 0.29) is 5.92 Å². The number of carboxylic acid groups (broad SMARTS) is 1. The second kappa shape index (κ2) is 15.3. The van der Waals surface area contributed by atoms with E-state index >= 15 is 0 Å². The molecule has 0 aliphatic heterocycles. The van der Waals surface area contributed by atoms with Crippen molar-refractivity contribution < 1.29 is 9.90 Å². The molecule has 5 heteroatoms. The molecule has 0 spiro atoms. The molecule has 3 rings (SSSR count). The Morgan fingerprint density at radius 1 is 0.605 bits per heavy atom. The minimum Gasteiger partial charge on any atom is -0.478 e.